The SMILES string of the molecule is CC[C@H](C)c1ccc(NC(=O)C[n+]2cccc(C(N)=O)c2)cc1. The fourth-order valence-electron chi connectivity index (χ4n) is 2.26. The Kier molecular flexibility index (Phi) is 5.46. The van der Waals surface area contributed by atoms with Crippen LogP contribution in [0, 0.1) is 0 Å². The van der Waals surface area contributed by atoms with E-state index in [9.17, 15) is 9.59 Å². The Bertz CT molecular complexity index is 696. The van der Waals surface area contributed by atoms with Crippen LogP contribution >= 0.6 is 0 Å². The van der Waals surface area contributed by atoms with Crippen molar-refractivity contribution in [1.82, 2.24) is 0 Å². The van der Waals surface area contributed by atoms with Gasteiger partial charge in [-0.15, -0.1) is 0 Å². The molecule has 1 aromatic carbocycles. The van der Waals surface area contributed by atoms with E-state index >= 15 is 0 Å². The zero-order valence-electron chi connectivity index (χ0n) is 13.5. The molecule has 5 heteroatoms. The van der Waals surface area contributed by atoms with Gasteiger partial charge >= 0.3 is 0 Å². The molecule has 0 aliphatic heterocycles. The van der Waals surface area contributed by atoms with Crippen LogP contribution in [0.15, 0.2) is 48.8 Å². The first-order valence-corrected chi connectivity index (χ1v) is 7.68. The van der Waals surface area contributed by atoms with Gasteiger partial charge in [0.2, 0.25) is 6.54 Å². The molecule has 2 amide bonds. The molecule has 2 aromatic rings. The van der Waals surface area contributed by atoms with Crippen molar-refractivity contribution in [3.05, 3.63) is 59.9 Å². The maximum atomic E-state index is 12.1. The first-order chi connectivity index (χ1) is 11.0. The number of pyridine rings is 1. The molecule has 0 bridgehead atoms. The Morgan fingerprint density at radius 1 is 1.22 bits per heavy atom. The average Bonchev–Trinajstić information content (AvgIpc) is 2.55. The Hall–Kier alpha value is -2.69. The predicted molar refractivity (Wildman–Crippen MR) is 88.9 cm³/mol. The number of carbonyl (C=O) groups is 2. The van der Waals surface area contributed by atoms with Crippen LogP contribution in [0.2, 0.25) is 0 Å². The van der Waals surface area contributed by atoms with Crippen LogP contribution < -0.4 is 15.6 Å². The third-order valence-electron chi connectivity index (χ3n) is 3.84. The third kappa shape index (κ3) is 4.64. The Morgan fingerprint density at radius 3 is 2.52 bits per heavy atom. The molecule has 23 heavy (non-hydrogen) atoms. The minimum atomic E-state index is -0.514. The molecule has 5 nitrogen and oxygen atoms in total. The first kappa shape index (κ1) is 16.7. The number of primary amides is 1. The van der Waals surface area contributed by atoms with Gasteiger partial charge in [0.05, 0.1) is 0 Å². The van der Waals surface area contributed by atoms with Gasteiger partial charge in [-0.1, -0.05) is 26.0 Å². The summed E-state index contributed by atoms with van der Waals surface area (Å²) in [6.45, 7) is 4.45. The highest BCUT2D eigenvalue weighted by atomic mass is 16.2. The number of nitrogens with two attached hydrogens (primary N) is 1. The summed E-state index contributed by atoms with van der Waals surface area (Å²) in [6.07, 6.45) is 4.37. The summed E-state index contributed by atoms with van der Waals surface area (Å²) in [4.78, 5) is 23.2. The number of nitrogens with zero attached hydrogens (tertiary/aromatic N) is 1. The van der Waals surface area contributed by atoms with Crippen LogP contribution in [0.5, 0.6) is 0 Å². The topological polar surface area (TPSA) is 76.1 Å². The highest BCUT2D eigenvalue weighted by molar-refractivity contribution is 5.92. The van der Waals surface area contributed by atoms with Gasteiger partial charge in [-0.25, -0.2) is 0 Å². The zero-order chi connectivity index (χ0) is 16.8. The zero-order valence-corrected chi connectivity index (χ0v) is 13.5. The van der Waals surface area contributed by atoms with Crippen LogP contribution in [0.3, 0.4) is 0 Å². The van der Waals surface area contributed by atoms with Gasteiger partial charge in [0.25, 0.3) is 11.8 Å². The van der Waals surface area contributed by atoms with E-state index in [2.05, 4.69) is 19.2 Å². The second-order valence-electron chi connectivity index (χ2n) is 5.61. The maximum Gasteiger partial charge on any atom is 0.290 e. The van der Waals surface area contributed by atoms with E-state index in [1.165, 1.54) is 5.56 Å². The Morgan fingerprint density at radius 2 is 1.91 bits per heavy atom. The lowest BCUT2D eigenvalue weighted by atomic mass is 9.99. The number of amides is 2. The molecule has 1 aromatic heterocycles. The van der Waals surface area contributed by atoms with Crippen molar-refractivity contribution in [2.45, 2.75) is 32.7 Å². The summed E-state index contributed by atoms with van der Waals surface area (Å²) in [6, 6.07) is 11.2. The number of aromatic nitrogens is 1. The Labute approximate surface area is 136 Å². The van der Waals surface area contributed by atoms with Gasteiger partial charge in [-0.2, -0.15) is 4.57 Å². The second-order valence-corrected chi connectivity index (χ2v) is 5.61. The standard InChI is InChI=1S/C18H21N3O2/c1-3-13(2)14-6-8-16(9-7-14)20-17(22)12-21-10-4-5-15(11-21)18(19)23/h4-11,13H,3,12H2,1-2H3,(H2-,19,20,22,23)/p+1/t13-/m0/s1. The summed E-state index contributed by atoms with van der Waals surface area (Å²) in [7, 11) is 0. The molecule has 0 unspecified atom stereocenters. The molecule has 0 aliphatic rings. The highest BCUT2D eigenvalue weighted by Crippen LogP contribution is 2.20. The molecule has 0 fully saturated rings. The van der Waals surface area contributed by atoms with E-state index in [0.717, 1.165) is 12.1 Å². The van der Waals surface area contributed by atoms with Crippen molar-refractivity contribution in [2.75, 3.05) is 5.32 Å². The normalized spacial score (nSPS) is 11.7. The van der Waals surface area contributed by atoms with Crippen LogP contribution in [0.25, 0.3) is 0 Å². The molecular formula is C18H22N3O2+. The van der Waals surface area contributed by atoms with Crippen LogP contribution in [0.4, 0.5) is 5.69 Å². The fraction of sp³-hybridized carbons (Fsp3) is 0.278. The van der Waals surface area contributed by atoms with E-state index in [4.69, 9.17) is 5.73 Å². The van der Waals surface area contributed by atoms with Crippen LogP contribution in [-0.4, -0.2) is 11.8 Å². The van der Waals surface area contributed by atoms with Gasteiger partial charge in [-0.05, 0) is 36.1 Å². The molecule has 0 saturated carbocycles. The lowest BCUT2D eigenvalue weighted by molar-refractivity contribution is -0.684. The number of benzene rings is 1. The lowest BCUT2D eigenvalue weighted by Crippen LogP contribution is -2.40. The lowest BCUT2D eigenvalue weighted by Gasteiger charge is -2.10. The second kappa shape index (κ2) is 7.54. The summed E-state index contributed by atoms with van der Waals surface area (Å²) in [5.41, 5.74) is 7.62. The first-order valence-electron chi connectivity index (χ1n) is 7.68. The summed E-state index contributed by atoms with van der Waals surface area (Å²) in [5, 5.41) is 2.85. The van der Waals surface area contributed by atoms with Crippen molar-refractivity contribution in [2.24, 2.45) is 5.73 Å². The molecule has 120 valence electrons. The number of rotatable bonds is 6. The Balaban J connectivity index is 1.99. The van der Waals surface area contributed by atoms with Gasteiger partial charge in [0.15, 0.2) is 12.4 Å². The monoisotopic (exact) mass is 312 g/mol. The number of carbonyl (C=O) groups excluding carboxylic acids is 2. The fourth-order valence-corrected chi connectivity index (χ4v) is 2.26. The van der Waals surface area contributed by atoms with Gasteiger partial charge in [0, 0.05) is 11.8 Å². The minimum Gasteiger partial charge on any atom is -0.365 e. The van der Waals surface area contributed by atoms with E-state index in [-0.39, 0.29) is 12.5 Å². The molecule has 1 atom stereocenters. The van der Waals surface area contributed by atoms with E-state index in [1.807, 2.05) is 24.3 Å². The van der Waals surface area contributed by atoms with Crippen LogP contribution in [0.1, 0.15) is 42.1 Å². The van der Waals surface area contributed by atoms with Crippen molar-refractivity contribution < 1.29 is 14.2 Å². The minimum absolute atomic E-state index is 0.119. The average molecular weight is 312 g/mol. The quantitative estimate of drug-likeness (QED) is 0.803. The number of hydrogen-bond donors (Lipinski definition) is 2. The molecule has 0 aliphatic carbocycles. The smallest absolute Gasteiger partial charge is 0.290 e. The van der Waals surface area contributed by atoms with Crippen molar-refractivity contribution in [3.8, 4) is 0 Å². The maximum absolute atomic E-state index is 12.1. The van der Waals surface area contributed by atoms with E-state index < -0.39 is 5.91 Å². The van der Waals surface area contributed by atoms with Gasteiger partial charge in [-0.3, -0.25) is 9.59 Å². The molecule has 0 radical (unpaired) electrons. The van der Waals surface area contributed by atoms with E-state index in [1.54, 1.807) is 29.1 Å². The van der Waals surface area contributed by atoms with Crippen LogP contribution in [-0.2, 0) is 11.3 Å². The number of anilines is 1. The largest absolute Gasteiger partial charge is 0.365 e. The molecule has 0 spiro atoms. The summed E-state index contributed by atoms with van der Waals surface area (Å²) >= 11 is 0. The predicted octanol–water partition coefficient (Wildman–Crippen LogP) is 2.23. The van der Waals surface area contributed by atoms with E-state index in [0.29, 0.717) is 11.5 Å². The molecule has 0 saturated heterocycles. The van der Waals surface area contributed by atoms with Gasteiger partial charge in [0.1, 0.15) is 5.56 Å². The van der Waals surface area contributed by atoms with Gasteiger partial charge < -0.3 is 11.1 Å². The highest BCUT2D eigenvalue weighted by Gasteiger charge is 2.12. The number of hydrogen-bond acceptors (Lipinski definition) is 2. The number of nitrogens with one attached hydrogen (secondary N) is 1. The van der Waals surface area contributed by atoms with Crippen molar-refractivity contribution >= 4 is 17.5 Å². The summed E-state index contributed by atoms with van der Waals surface area (Å²) in [5.74, 6) is -0.167. The molecular weight excluding hydrogens is 290 g/mol. The molecule has 3 N–H and O–H groups in total. The molecule has 2 rings (SSSR count). The van der Waals surface area contributed by atoms with Crippen molar-refractivity contribution in [1.29, 1.82) is 0 Å². The molecule has 1 heterocycles. The third-order valence-corrected chi connectivity index (χ3v) is 3.84. The van der Waals surface area contributed by atoms with Crippen molar-refractivity contribution in [3.63, 3.8) is 0 Å². The summed E-state index contributed by atoms with van der Waals surface area (Å²) < 4.78 is 1.63.